The average Bonchev–Trinajstić information content (AvgIpc) is 2.86. The van der Waals surface area contributed by atoms with Crippen molar-refractivity contribution in [2.45, 2.75) is 25.8 Å². The smallest absolute Gasteiger partial charge is 0.223 e. The summed E-state index contributed by atoms with van der Waals surface area (Å²) in [6, 6.07) is 9.85. The van der Waals surface area contributed by atoms with Crippen LogP contribution in [-0.4, -0.2) is 12.2 Å². The summed E-state index contributed by atoms with van der Waals surface area (Å²) in [6.07, 6.45) is 3.38. The molecule has 0 bridgehead atoms. The van der Waals surface area contributed by atoms with Crippen molar-refractivity contribution in [2.75, 3.05) is 0 Å². The fourth-order valence-corrected chi connectivity index (χ4v) is 2.31. The Morgan fingerprint density at radius 1 is 1.29 bits per heavy atom. The maximum absolute atomic E-state index is 11.9. The van der Waals surface area contributed by atoms with E-state index in [1.165, 1.54) is 0 Å². The molecule has 2 atom stereocenters. The summed E-state index contributed by atoms with van der Waals surface area (Å²) >= 11 is 0. The quantitative estimate of drug-likeness (QED) is 0.805. The van der Waals surface area contributed by atoms with Gasteiger partial charge in [-0.25, -0.2) is 0 Å². The number of carbonyl (C=O) groups excluding carboxylic acids is 2. The second kappa shape index (κ2) is 5.62. The fourth-order valence-electron chi connectivity index (χ4n) is 2.31. The van der Waals surface area contributed by atoms with Crippen LogP contribution in [0.5, 0.6) is 0 Å². The Labute approximate surface area is 101 Å². The van der Waals surface area contributed by atoms with Gasteiger partial charge in [-0.1, -0.05) is 30.3 Å². The number of hydrogen-bond acceptors (Lipinski definition) is 2. The second-order valence-electron chi connectivity index (χ2n) is 4.61. The first-order valence-electron chi connectivity index (χ1n) is 6.06. The van der Waals surface area contributed by atoms with Crippen LogP contribution in [0.15, 0.2) is 30.3 Å². The molecule has 0 aromatic heterocycles. The number of rotatable bonds is 4. The Kier molecular flexibility index (Phi) is 3.91. The molecule has 0 unspecified atom stereocenters. The first-order valence-corrected chi connectivity index (χ1v) is 6.06. The van der Waals surface area contributed by atoms with Crippen LogP contribution in [0.2, 0.25) is 0 Å². The van der Waals surface area contributed by atoms with Crippen molar-refractivity contribution in [2.24, 2.45) is 11.8 Å². The molecule has 3 nitrogen and oxygen atoms in total. The fraction of sp³-hybridized carbons (Fsp3) is 0.429. The predicted octanol–water partition coefficient (Wildman–Crippen LogP) is 1.92. The SMILES string of the molecule is O=C[C@H]1CC[C@H](C(=O)NCc2ccccc2)C1. The number of aldehydes is 1. The average molecular weight is 231 g/mol. The standard InChI is InChI=1S/C14H17NO2/c16-10-12-6-7-13(8-12)14(17)15-9-11-4-2-1-3-5-11/h1-5,10,12-13H,6-9H2,(H,15,17)/t12-,13-/m0/s1. The van der Waals surface area contributed by atoms with Gasteiger partial charge in [0.25, 0.3) is 0 Å². The number of nitrogens with one attached hydrogen (secondary N) is 1. The maximum Gasteiger partial charge on any atom is 0.223 e. The molecular weight excluding hydrogens is 214 g/mol. The molecule has 1 fully saturated rings. The summed E-state index contributed by atoms with van der Waals surface area (Å²) < 4.78 is 0. The van der Waals surface area contributed by atoms with E-state index in [1.807, 2.05) is 30.3 Å². The minimum absolute atomic E-state index is 0.0221. The highest BCUT2D eigenvalue weighted by Crippen LogP contribution is 2.29. The van der Waals surface area contributed by atoms with Crippen molar-refractivity contribution in [3.05, 3.63) is 35.9 Å². The molecule has 3 heteroatoms. The van der Waals surface area contributed by atoms with Crippen molar-refractivity contribution in [3.63, 3.8) is 0 Å². The number of amides is 1. The molecule has 0 saturated heterocycles. The van der Waals surface area contributed by atoms with Gasteiger partial charge < -0.3 is 10.1 Å². The van der Waals surface area contributed by atoms with Crippen LogP contribution in [0, 0.1) is 11.8 Å². The molecule has 1 aliphatic carbocycles. The first kappa shape index (κ1) is 11.8. The molecule has 1 N–H and O–H groups in total. The van der Waals surface area contributed by atoms with E-state index in [2.05, 4.69) is 5.32 Å². The normalized spacial score (nSPS) is 23.3. The molecule has 1 aliphatic rings. The van der Waals surface area contributed by atoms with Crippen LogP contribution in [0.1, 0.15) is 24.8 Å². The van der Waals surface area contributed by atoms with E-state index in [0.29, 0.717) is 13.0 Å². The van der Waals surface area contributed by atoms with Gasteiger partial charge in [-0.15, -0.1) is 0 Å². The predicted molar refractivity (Wildman–Crippen MR) is 65.2 cm³/mol. The van der Waals surface area contributed by atoms with Crippen molar-refractivity contribution in [3.8, 4) is 0 Å². The van der Waals surface area contributed by atoms with Crippen LogP contribution < -0.4 is 5.32 Å². The molecule has 0 radical (unpaired) electrons. The van der Waals surface area contributed by atoms with Gasteiger partial charge >= 0.3 is 0 Å². The van der Waals surface area contributed by atoms with Gasteiger partial charge in [-0.3, -0.25) is 4.79 Å². The molecular formula is C14H17NO2. The van der Waals surface area contributed by atoms with Crippen molar-refractivity contribution in [1.82, 2.24) is 5.32 Å². The molecule has 1 aromatic rings. The Bertz CT molecular complexity index is 388. The lowest BCUT2D eigenvalue weighted by Gasteiger charge is -2.10. The number of benzene rings is 1. The highest BCUT2D eigenvalue weighted by atomic mass is 16.2. The summed E-state index contributed by atoms with van der Waals surface area (Å²) in [6.45, 7) is 0.571. The zero-order chi connectivity index (χ0) is 12.1. The van der Waals surface area contributed by atoms with E-state index in [1.54, 1.807) is 0 Å². The second-order valence-corrected chi connectivity index (χ2v) is 4.61. The molecule has 0 spiro atoms. The van der Waals surface area contributed by atoms with Crippen LogP contribution >= 0.6 is 0 Å². The van der Waals surface area contributed by atoms with Gasteiger partial charge in [-0.05, 0) is 24.8 Å². The third kappa shape index (κ3) is 3.16. The van der Waals surface area contributed by atoms with Crippen LogP contribution in [0.3, 0.4) is 0 Å². The summed E-state index contributed by atoms with van der Waals surface area (Å²) in [5.41, 5.74) is 1.10. The summed E-state index contributed by atoms with van der Waals surface area (Å²) in [7, 11) is 0. The Balaban J connectivity index is 1.80. The molecule has 0 aliphatic heterocycles. The lowest BCUT2D eigenvalue weighted by atomic mass is 10.1. The van der Waals surface area contributed by atoms with Crippen molar-refractivity contribution < 1.29 is 9.59 Å². The zero-order valence-corrected chi connectivity index (χ0v) is 9.76. The highest BCUT2D eigenvalue weighted by molar-refractivity contribution is 5.79. The van der Waals surface area contributed by atoms with Gasteiger partial charge in [0, 0.05) is 18.4 Å². The summed E-state index contributed by atoms with van der Waals surface area (Å²) in [4.78, 5) is 22.5. The maximum atomic E-state index is 11.9. The van der Waals surface area contributed by atoms with Gasteiger partial charge in [0.2, 0.25) is 5.91 Å². The Hall–Kier alpha value is -1.64. The van der Waals surface area contributed by atoms with E-state index >= 15 is 0 Å². The van der Waals surface area contributed by atoms with Gasteiger partial charge in [0.15, 0.2) is 0 Å². The van der Waals surface area contributed by atoms with Crippen LogP contribution in [-0.2, 0) is 16.1 Å². The van der Waals surface area contributed by atoms with Gasteiger partial charge in [-0.2, -0.15) is 0 Å². The molecule has 17 heavy (non-hydrogen) atoms. The van der Waals surface area contributed by atoms with Crippen molar-refractivity contribution >= 4 is 12.2 Å². The molecule has 1 aromatic carbocycles. The minimum Gasteiger partial charge on any atom is -0.352 e. The molecule has 0 heterocycles. The zero-order valence-electron chi connectivity index (χ0n) is 9.76. The monoisotopic (exact) mass is 231 g/mol. The van der Waals surface area contributed by atoms with Crippen molar-refractivity contribution in [1.29, 1.82) is 0 Å². The van der Waals surface area contributed by atoms with E-state index in [-0.39, 0.29) is 17.7 Å². The van der Waals surface area contributed by atoms with E-state index < -0.39 is 0 Å². The van der Waals surface area contributed by atoms with E-state index in [0.717, 1.165) is 24.7 Å². The molecule has 1 saturated carbocycles. The third-order valence-corrected chi connectivity index (χ3v) is 3.35. The molecule has 2 rings (SSSR count). The van der Waals surface area contributed by atoms with E-state index in [4.69, 9.17) is 0 Å². The largest absolute Gasteiger partial charge is 0.352 e. The highest BCUT2D eigenvalue weighted by Gasteiger charge is 2.29. The lowest BCUT2D eigenvalue weighted by Crippen LogP contribution is -2.29. The summed E-state index contributed by atoms with van der Waals surface area (Å²) in [5, 5.41) is 2.93. The summed E-state index contributed by atoms with van der Waals surface area (Å²) in [5.74, 6) is 0.189. The molecule has 1 amide bonds. The minimum atomic E-state index is 0.0221. The van der Waals surface area contributed by atoms with Crippen LogP contribution in [0.4, 0.5) is 0 Å². The Morgan fingerprint density at radius 3 is 2.71 bits per heavy atom. The third-order valence-electron chi connectivity index (χ3n) is 3.35. The number of hydrogen-bond donors (Lipinski definition) is 1. The van der Waals surface area contributed by atoms with Gasteiger partial charge in [0.1, 0.15) is 6.29 Å². The van der Waals surface area contributed by atoms with E-state index in [9.17, 15) is 9.59 Å². The first-order chi connectivity index (χ1) is 8.29. The van der Waals surface area contributed by atoms with Crippen LogP contribution in [0.25, 0.3) is 0 Å². The Morgan fingerprint density at radius 2 is 2.06 bits per heavy atom. The topological polar surface area (TPSA) is 46.2 Å². The molecule has 90 valence electrons. The van der Waals surface area contributed by atoms with Gasteiger partial charge in [0.05, 0.1) is 0 Å². The lowest BCUT2D eigenvalue weighted by molar-refractivity contribution is -0.125. The number of carbonyl (C=O) groups is 2.